The highest BCUT2D eigenvalue weighted by molar-refractivity contribution is 7.89. The van der Waals surface area contributed by atoms with E-state index in [1.54, 1.807) is 0 Å². The minimum Gasteiger partial charge on any atom is -0.478 e. The number of hydrogen-bond donors (Lipinski definition) is 1. The van der Waals surface area contributed by atoms with Crippen molar-refractivity contribution in [2.24, 2.45) is 0 Å². The van der Waals surface area contributed by atoms with Crippen LogP contribution in [0.1, 0.15) is 23.2 Å². The highest BCUT2D eigenvalue weighted by atomic mass is 32.2. The van der Waals surface area contributed by atoms with Crippen LogP contribution >= 0.6 is 0 Å². The summed E-state index contributed by atoms with van der Waals surface area (Å²) in [6.45, 7) is -1.62. The molecule has 0 heterocycles. The van der Waals surface area contributed by atoms with E-state index >= 15 is 0 Å². The average Bonchev–Trinajstić information content (AvgIpc) is 3.19. The number of carboxylic acid groups (broad SMARTS) is 1. The van der Waals surface area contributed by atoms with Crippen LogP contribution in [0.4, 0.5) is 13.2 Å². The number of rotatable bonds is 5. The van der Waals surface area contributed by atoms with Crippen LogP contribution in [0.5, 0.6) is 0 Å². The third-order valence-electron chi connectivity index (χ3n) is 2.99. The number of sulfonamides is 1. The van der Waals surface area contributed by atoms with Gasteiger partial charge < -0.3 is 5.11 Å². The van der Waals surface area contributed by atoms with Gasteiger partial charge in [-0.1, -0.05) is 12.1 Å². The quantitative estimate of drug-likeness (QED) is 0.900. The smallest absolute Gasteiger partial charge is 0.402 e. The van der Waals surface area contributed by atoms with Gasteiger partial charge in [0.1, 0.15) is 6.54 Å². The Hall–Kier alpha value is -1.61. The second-order valence-electron chi connectivity index (χ2n) is 4.70. The molecule has 1 N–H and O–H groups in total. The summed E-state index contributed by atoms with van der Waals surface area (Å²) < 4.78 is 62.8. The van der Waals surface area contributed by atoms with Gasteiger partial charge in [0.25, 0.3) is 0 Å². The van der Waals surface area contributed by atoms with Crippen molar-refractivity contribution in [1.29, 1.82) is 0 Å². The van der Waals surface area contributed by atoms with Crippen molar-refractivity contribution >= 4 is 16.0 Å². The molecule has 0 spiro atoms. The Morgan fingerprint density at radius 1 is 1.29 bits per heavy atom. The third-order valence-corrected chi connectivity index (χ3v) is 4.95. The zero-order valence-electron chi connectivity index (χ0n) is 10.7. The van der Waals surface area contributed by atoms with Gasteiger partial charge in [0.15, 0.2) is 0 Å². The number of halogens is 3. The largest absolute Gasteiger partial charge is 0.478 e. The summed E-state index contributed by atoms with van der Waals surface area (Å²) in [7, 11) is -4.51. The molecule has 2 rings (SSSR count). The molecule has 1 fully saturated rings. The second-order valence-corrected chi connectivity index (χ2v) is 6.56. The summed E-state index contributed by atoms with van der Waals surface area (Å²) in [6, 6.07) is 3.92. The number of hydrogen-bond acceptors (Lipinski definition) is 3. The average molecular weight is 323 g/mol. The molecule has 1 aliphatic carbocycles. The van der Waals surface area contributed by atoms with E-state index in [1.165, 1.54) is 12.1 Å². The standard InChI is InChI=1S/C12H12F3NO4S/c13-12(14,15)7-16(8-5-6-8)21(19,20)10-4-2-1-3-9(10)11(17)18/h1-4,8H,5-7H2,(H,17,18). The Bertz CT molecular complexity index is 653. The molecule has 0 unspecified atom stereocenters. The van der Waals surface area contributed by atoms with Crippen LogP contribution in [-0.4, -0.2) is 42.6 Å². The van der Waals surface area contributed by atoms with Gasteiger partial charge in [0, 0.05) is 6.04 Å². The molecule has 1 aliphatic rings. The van der Waals surface area contributed by atoms with Gasteiger partial charge in [0.2, 0.25) is 10.0 Å². The van der Waals surface area contributed by atoms with Gasteiger partial charge in [-0.3, -0.25) is 0 Å². The molecular formula is C12H12F3NO4S. The lowest BCUT2D eigenvalue weighted by Crippen LogP contribution is -2.40. The van der Waals surface area contributed by atoms with Crippen LogP contribution in [0.15, 0.2) is 29.2 Å². The fraction of sp³-hybridized carbons (Fsp3) is 0.417. The zero-order chi connectivity index (χ0) is 15.8. The molecule has 0 amide bonds. The Balaban J connectivity index is 2.47. The molecule has 1 saturated carbocycles. The van der Waals surface area contributed by atoms with Crippen LogP contribution < -0.4 is 0 Å². The molecule has 0 bridgehead atoms. The van der Waals surface area contributed by atoms with Crippen molar-refractivity contribution < 1.29 is 31.5 Å². The van der Waals surface area contributed by atoms with Crippen LogP contribution in [0, 0.1) is 0 Å². The van der Waals surface area contributed by atoms with Crippen molar-refractivity contribution in [3.63, 3.8) is 0 Å². The summed E-state index contributed by atoms with van der Waals surface area (Å²) in [6.07, 6.45) is -4.01. The molecule has 5 nitrogen and oxygen atoms in total. The van der Waals surface area contributed by atoms with Crippen LogP contribution in [-0.2, 0) is 10.0 Å². The van der Waals surface area contributed by atoms with E-state index in [4.69, 9.17) is 5.11 Å². The predicted molar refractivity (Wildman–Crippen MR) is 66.4 cm³/mol. The van der Waals surface area contributed by atoms with Crippen LogP contribution in [0.3, 0.4) is 0 Å². The van der Waals surface area contributed by atoms with Crippen LogP contribution in [0.2, 0.25) is 0 Å². The molecule has 9 heteroatoms. The molecule has 21 heavy (non-hydrogen) atoms. The highest BCUT2D eigenvalue weighted by Gasteiger charge is 2.45. The van der Waals surface area contributed by atoms with Crippen LogP contribution in [0.25, 0.3) is 0 Å². The summed E-state index contributed by atoms with van der Waals surface area (Å²) in [5, 5.41) is 8.99. The number of aromatic carboxylic acids is 1. The van der Waals surface area contributed by atoms with Gasteiger partial charge in [-0.25, -0.2) is 13.2 Å². The maximum Gasteiger partial charge on any atom is 0.402 e. The Kier molecular flexibility index (Phi) is 3.98. The van der Waals surface area contributed by atoms with Crippen molar-refractivity contribution in [2.45, 2.75) is 30.0 Å². The Labute approximate surface area is 119 Å². The van der Waals surface area contributed by atoms with E-state index in [0.717, 1.165) is 12.1 Å². The fourth-order valence-electron chi connectivity index (χ4n) is 1.94. The molecule has 0 atom stereocenters. The van der Waals surface area contributed by atoms with Crippen molar-refractivity contribution in [1.82, 2.24) is 4.31 Å². The lowest BCUT2D eigenvalue weighted by molar-refractivity contribution is -0.137. The highest BCUT2D eigenvalue weighted by Crippen LogP contribution is 2.35. The summed E-state index contributed by atoms with van der Waals surface area (Å²) in [4.78, 5) is 10.4. The monoisotopic (exact) mass is 323 g/mol. The molecule has 116 valence electrons. The lowest BCUT2D eigenvalue weighted by Gasteiger charge is -2.23. The molecule has 0 aliphatic heterocycles. The third kappa shape index (κ3) is 3.53. The first kappa shape index (κ1) is 15.8. The molecule has 0 aromatic heterocycles. The molecule has 0 radical (unpaired) electrons. The zero-order valence-corrected chi connectivity index (χ0v) is 11.5. The second kappa shape index (κ2) is 5.30. The van der Waals surface area contributed by atoms with E-state index in [9.17, 15) is 26.4 Å². The maximum atomic E-state index is 12.6. The molecular weight excluding hydrogens is 311 g/mol. The van der Waals surface area contributed by atoms with Crippen molar-refractivity contribution in [3.05, 3.63) is 29.8 Å². The summed E-state index contributed by atoms with van der Waals surface area (Å²) in [5.74, 6) is -1.50. The molecule has 0 saturated heterocycles. The molecule has 1 aromatic rings. The Morgan fingerprint density at radius 2 is 1.86 bits per heavy atom. The first-order valence-corrected chi connectivity index (χ1v) is 7.48. The predicted octanol–water partition coefficient (Wildman–Crippen LogP) is 2.10. The van der Waals surface area contributed by atoms with E-state index in [-0.39, 0.29) is 0 Å². The van der Waals surface area contributed by atoms with Crippen molar-refractivity contribution in [3.8, 4) is 0 Å². The van der Waals surface area contributed by atoms with E-state index in [1.807, 2.05) is 0 Å². The van der Waals surface area contributed by atoms with Gasteiger partial charge in [-0.05, 0) is 25.0 Å². The molecule has 1 aromatic carbocycles. The maximum absolute atomic E-state index is 12.6. The van der Waals surface area contributed by atoms with Gasteiger partial charge in [-0.15, -0.1) is 0 Å². The first-order chi connectivity index (χ1) is 9.63. The van der Waals surface area contributed by atoms with Gasteiger partial charge in [-0.2, -0.15) is 17.5 Å². The minimum atomic E-state index is -4.69. The Morgan fingerprint density at radius 3 is 2.33 bits per heavy atom. The number of carbonyl (C=O) groups is 1. The number of alkyl halides is 3. The summed E-state index contributed by atoms with van der Waals surface area (Å²) in [5.41, 5.74) is -0.537. The number of benzene rings is 1. The first-order valence-electron chi connectivity index (χ1n) is 6.04. The van der Waals surface area contributed by atoms with Gasteiger partial charge in [0.05, 0.1) is 10.5 Å². The normalized spacial score (nSPS) is 16.2. The van der Waals surface area contributed by atoms with Gasteiger partial charge >= 0.3 is 12.1 Å². The fourth-order valence-corrected chi connectivity index (χ4v) is 3.80. The number of carboxylic acids is 1. The lowest BCUT2D eigenvalue weighted by atomic mass is 10.2. The SMILES string of the molecule is O=C(O)c1ccccc1S(=O)(=O)N(CC(F)(F)F)C1CC1. The topological polar surface area (TPSA) is 74.7 Å². The van der Waals surface area contributed by atoms with E-state index in [2.05, 4.69) is 0 Å². The minimum absolute atomic E-state index is 0.338. The van der Waals surface area contributed by atoms with E-state index < -0.39 is 45.2 Å². The summed E-state index contributed by atoms with van der Waals surface area (Å²) >= 11 is 0. The van der Waals surface area contributed by atoms with E-state index in [0.29, 0.717) is 17.1 Å². The van der Waals surface area contributed by atoms with Crippen molar-refractivity contribution in [2.75, 3.05) is 6.54 Å². The number of nitrogens with zero attached hydrogens (tertiary/aromatic N) is 1.